The fourth-order valence-corrected chi connectivity index (χ4v) is 3.32. The van der Waals surface area contributed by atoms with Gasteiger partial charge in [0, 0.05) is 12.2 Å². The highest BCUT2D eigenvalue weighted by Crippen LogP contribution is 2.20. The number of terminal acetylenes is 1. The van der Waals surface area contributed by atoms with Crippen molar-refractivity contribution < 1.29 is 27.9 Å². The number of nitrogens with one attached hydrogen (secondary N) is 1. The number of ether oxygens (including phenoxy) is 1. The minimum atomic E-state index is -4.48. The van der Waals surface area contributed by atoms with Crippen LogP contribution < -0.4 is 5.32 Å². The Labute approximate surface area is 160 Å². The minimum absolute atomic E-state index is 0.0357. The Morgan fingerprint density at radius 3 is 2.56 bits per heavy atom. The van der Waals surface area contributed by atoms with Gasteiger partial charge in [-0.3, -0.25) is 9.63 Å². The van der Waals surface area contributed by atoms with Crippen LogP contribution in [0.4, 0.5) is 5.69 Å². The molecule has 1 aromatic rings. The van der Waals surface area contributed by atoms with Crippen LogP contribution >= 0.6 is 0 Å². The van der Waals surface area contributed by atoms with E-state index in [2.05, 4.69) is 11.2 Å². The molecule has 1 aromatic carbocycles. The van der Waals surface area contributed by atoms with Gasteiger partial charge in [-0.15, -0.1) is 6.42 Å². The van der Waals surface area contributed by atoms with Gasteiger partial charge in [0.1, 0.15) is 6.61 Å². The highest BCUT2D eigenvalue weighted by atomic mass is 32.2. The van der Waals surface area contributed by atoms with Crippen LogP contribution in [0.2, 0.25) is 0 Å². The summed E-state index contributed by atoms with van der Waals surface area (Å²) in [5, 5.41) is 12.6. The van der Waals surface area contributed by atoms with Crippen molar-refractivity contribution in [3.05, 3.63) is 29.3 Å². The van der Waals surface area contributed by atoms with Crippen LogP contribution in [0.15, 0.2) is 18.2 Å². The van der Waals surface area contributed by atoms with Crippen molar-refractivity contribution in [1.82, 2.24) is 4.47 Å². The number of hydroxylamine groups is 1. The topological polar surface area (TPSA) is 105 Å². The highest BCUT2D eigenvalue weighted by Gasteiger charge is 2.37. The van der Waals surface area contributed by atoms with Crippen LogP contribution in [-0.2, 0) is 24.4 Å². The van der Waals surface area contributed by atoms with Gasteiger partial charge in [-0.05, 0) is 31.4 Å². The molecule has 27 heavy (non-hydrogen) atoms. The van der Waals surface area contributed by atoms with Gasteiger partial charge in [0.05, 0.1) is 0 Å². The molecule has 0 aliphatic heterocycles. The van der Waals surface area contributed by atoms with E-state index in [4.69, 9.17) is 16.0 Å². The second-order valence-corrected chi connectivity index (χ2v) is 7.72. The van der Waals surface area contributed by atoms with Crippen molar-refractivity contribution in [3.8, 4) is 12.3 Å². The lowest BCUT2D eigenvalue weighted by atomic mass is 10.1. The zero-order valence-electron chi connectivity index (χ0n) is 15.8. The highest BCUT2D eigenvalue weighted by molar-refractivity contribution is 7.90. The summed E-state index contributed by atoms with van der Waals surface area (Å²) in [5.74, 6) is 1.15. The molecule has 9 heteroatoms. The zero-order valence-corrected chi connectivity index (χ0v) is 16.6. The molecule has 1 rings (SSSR count). The Hall–Kier alpha value is -1.96. The molecule has 150 valence electrons. The van der Waals surface area contributed by atoms with Gasteiger partial charge in [-0.25, -0.2) is 8.42 Å². The van der Waals surface area contributed by atoms with Gasteiger partial charge in [0.2, 0.25) is 0 Å². The van der Waals surface area contributed by atoms with E-state index < -0.39 is 28.2 Å². The number of hydrogen-bond donors (Lipinski definition) is 2. The molecular weight excluding hydrogens is 372 g/mol. The number of benzene rings is 1. The van der Waals surface area contributed by atoms with Gasteiger partial charge < -0.3 is 15.2 Å². The van der Waals surface area contributed by atoms with Gasteiger partial charge in [0.25, 0.3) is 21.4 Å². The first-order valence-corrected chi connectivity index (χ1v) is 9.96. The lowest BCUT2D eigenvalue weighted by molar-refractivity contribution is -0.171. The van der Waals surface area contributed by atoms with Crippen LogP contribution in [0, 0.1) is 26.2 Å². The molecular formula is C18H26N2O6S. The molecule has 0 fully saturated rings. The van der Waals surface area contributed by atoms with E-state index in [0.717, 1.165) is 11.1 Å². The summed E-state index contributed by atoms with van der Waals surface area (Å²) in [4.78, 5) is 17.4. The Kier molecular flexibility index (Phi) is 9.41. The quantitative estimate of drug-likeness (QED) is 0.253. The Balaban J connectivity index is 2.92. The Morgan fingerprint density at radius 2 is 2.00 bits per heavy atom. The second-order valence-electron chi connectivity index (χ2n) is 5.83. The number of amides is 1. The third-order valence-electron chi connectivity index (χ3n) is 3.68. The maximum absolute atomic E-state index is 12.6. The number of unbranched alkanes of at least 4 members (excludes halogenated alkanes) is 1. The molecule has 0 saturated carbocycles. The molecule has 0 bridgehead atoms. The maximum atomic E-state index is 12.6. The molecule has 1 atom stereocenters. The second kappa shape index (κ2) is 11.0. The van der Waals surface area contributed by atoms with Crippen molar-refractivity contribution in [1.29, 1.82) is 0 Å². The van der Waals surface area contributed by atoms with Crippen molar-refractivity contribution >= 4 is 21.6 Å². The molecule has 0 spiro atoms. The van der Waals surface area contributed by atoms with Gasteiger partial charge in [-0.1, -0.05) is 41.9 Å². The minimum Gasteiger partial charge on any atom is -0.368 e. The predicted molar refractivity (Wildman–Crippen MR) is 102 cm³/mol. The number of rotatable bonds is 11. The number of nitrogens with zero attached hydrogens (tertiary/aromatic N) is 1. The number of carbonyl (C=O) groups excluding carboxylic acids is 1. The number of anilines is 1. The van der Waals surface area contributed by atoms with Gasteiger partial charge in [-0.2, -0.15) is 0 Å². The summed E-state index contributed by atoms with van der Waals surface area (Å²) in [6.45, 7) is 4.89. The summed E-state index contributed by atoms with van der Waals surface area (Å²) in [7, 11) is -4.48. The van der Waals surface area contributed by atoms with E-state index in [1.54, 1.807) is 26.0 Å². The summed E-state index contributed by atoms with van der Waals surface area (Å²) in [5.41, 5.74) is -0.388. The third-order valence-corrected chi connectivity index (χ3v) is 5.31. The number of sulfonamides is 1. The fraction of sp³-hybridized carbons (Fsp3) is 0.500. The molecule has 1 amide bonds. The first-order chi connectivity index (χ1) is 12.8. The normalized spacial score (nSPS) is 12.6. The Morgan fingerprint density at radius 1 is 1.37 bits per heavy atom. The van der Waals surface area contributed by atoms with E-state index in [-0.39, 0.29) is 13.2 Å². The SMILES string of the molecule is C#CCOCON(CCCC)S(=O)(=O)C(O)C(=O)Nc1c(C)cccc1C. The maximum Gasteiger partial charge on any atom is 0.272 e. The first-order valence-electron chi connectivity index (χ1n) is 8.46. The van der Waals surface area contributed by atoms with Crippen molar-refractivity contribution in [3.63, 3.8) is 0 Å². The molecule has 0 saturated heterocycles. The van der Waals surface area contributed by atoms with Crippen LogP contribution in [0.3, 0.4) is 0 Å². The third kappa shape index (κ3) is 6.61. The van der Waals surface area contributed by atoms with E-state index in [0.29, 0.717) is 23.0 Å². The average Bonchev–Trinajstić information content (AvgIpc) is 2.63. The fourth-order valence-electron chi connectivity index (χ4n) is 2.19. The summed E-state index contributed by atoms with van der Waals surface area (Å²) in [6.07, 6.45) is 6.20. The molecule has 0 aliphatic rings. The molecule has 0 radical (unpaired) electrons. The monoisotopic (exact) mass is 398 g/mol. The van der Waals surface area contributed by atoms with Crippen LogP contribution in [0.25, 0.3) is 0 Å². The average molecular weight is 398 g/mol. The smallest absolute Gasteiger partial charge is 0.272 e. The number of aliphatic hydroxyl groups excluding tert-OH is 1. The predicted octanol–water partition coefficient (Wildman–Crippen LogP) is 1.53. The zero-order chi connectivity index (χ0) is 20.4. The van der Waals surface area contributed by atoms with Crippen LogP contribution in [0.5, 0.6) is 0 Å². The standard InChI is InChI=1S/C18H26N2O6S/c1-5-7-11-20(26-13-25-12-6-2)27(23,24)18(22)17(21)19-16-14(3)9-8-10-15(16)4/h2,8-10,18,22H,5,7,11-13H2,1,3-4H3,(H,19,21). The first kappa shape index (κ1) is 23.1. The number of hydrogen-bond acceptors (Lipinski definition) is 6. The van der Waals surface area contributed by atoms with Crippen molar-refractivity contribution in [2.75, 3.05) is 25.3 Å². The lowest BCUT2D eigenvalue weighted by Crippen LogP contribution is -2.45. The van der Waals surface area contributed by atoms with Gasteiger partial charge >= 0.3 is 0 Å². The molecule has 1 unspecified atom stereocenters. The molecule has 0 aliphatic carbocycles. The summed E-state index contributed by atoms with van der Waals surface area (Å²) >= 11 is 0. The molecule has 2 N–H and O–H groups in total. The van der Waals surface area contributed by atoms with E-state index in [1.807, 2.05) is 13.0 Å². The summed E-state index contributed by atoms with van der Waals surface area (Å²) in [6, 6.07) is 5.34. The summed E-state index contributed by atoms with van der Waals surface area (Å²) < 4.78 is 30.7. The number of aliphatic hydroxyl groups is 1. The Bertz CT molecular complexity index is 752. The number of aryl methyl sites for hydroxylation is 2. The molecule has 8 nitrogen and oxygen atoms in total. The number of carbonyl (C=O) groups is 1. The number of para-hydroxylation sites is 1. The van der Waals surface area contributed by atoms with E-state index in [1.165, 1.54) is 0 Å². The van der Waals surface area contributed by atoms with Gasteiger partial charge in [0.15, 0.2) is 6.79 Å². The van der Waals surface area contributed by atoms with Crippen LogP contribution in [0.1, 0.15) is 30.9 Å². The molecule has 0 heterocycles. The largest absolute Gasteiger partial charge is 0.368 e. The molecule has 0 aromatic heterocycles. The van der Waals surface area contributed by atoms with E-state index in [9.17, 15) is 18.3 Å². The van der Waals surface area contributed by atoms with E-state index >= 15 is 0 Å². The lowest BCUT2D eigenvalue weighted by Gasteiger charge is -2.24. The van der Waals surface area contributed by atoms with Crippen molar-refractivity contribution in [2.45, 2.75) is 39.0 Å². The van der Waals surface area contributed by atoms with Crippen LogP contribution in [-0.4, -0.2) is 49.3 Å². The van der Waals surface area contributed by atoms with Crippen molar-refractivity contribution in [2.24, 2.45) is 0 Å².